The standard InChI is InChI=1S/C11H18N2O2S2/c1-2-4-12-6-10-7-16-11(13-10)9-3-5-17(14,15)8-9/h7,9,12H,2-6,8H2,1H3. The van der Waals surface area contributed by atoms with Gasteiger partial charge in [-0.2, -0.15) is 0 Å². The van der Waals surface area contributed by atoms with Crippen LogP contribution >= 0.6 is 11.3 Å². The minimum absolute atomic E-state index is 0.130. The van der Waals surface area contributed by atoms with Crippen molar-refractivity contribution in [3.63, 3.8) is 0 Å². The number of rotatable bonds is 5. The maximum atomic E-state index is 11.4. The molecule has 1 aliphatic rings. The monoisotopic (exact) mass is 274 g/mol. The predicted molar refractivity (Wildman–Crippen MR) is 70.1 cm³/mol. The van der Waals surface area contributed by atoms with E-state index in [2.05, 4.69) is 17.2 Å². The number of aromatic nitrogens is 1. The van der Waals surface area contributed by atoms with Gasteiger partial charge < -0.3 is 5.32 Å². The molecule has 2 rings (SSSR count). The molecule has 1 atom stereocenters. The van der Waals surface area contributed by atoms with Crippen molar-refractivity contribution in [2.24, 2.45) is 0 Å². The van der Waals surface area contributed by atoms with Crippen molar-refractivity contribution >= 4 is 21.2 Å². The lowest BCUT2D eigenvalue weighted by Gasteiger charge is -2.02. The third-order valence-corrected chi connectivity index (χ3v) is 5.71. The first-order chi connectivity index (χ1) is 8.11. The zero-order chi connectivity index (χ0) is 12.3. The largest absolute Gasteiger partial charge is 0.311 e. The fourth-order valence-corrected chi connectivity index (χ4v) is 4.78. The van der Waals surface area contributed by atoms with Crippen LogP contribution in [0.4, 0.5) is 0 Å². The number of sulfone groups is 1. The molecule has 96 valence electrons. The van der Waals surface area contributed by atoms with Crippen LogP contribution in [0.1, 0.15) is 36.4 Å². The van der Waals surface area contributed by atoms with E-state index in [9.17, 15) is 8.42 Å². The first-order valence-electron chi connectivity index (χ1n) is 5.96. The average Bonchev–Trinajstić information content (AvgIpc) is 2.85. The highest BCUT2D eigenvalue weighted by molar-refractivity contribution is 7.91. The molecule has 6 heteroatoms. The van der Waals surface area contributed by atoms with Gasteiger partial charge in [-0.15, -0.1) is 11.3 Å². The van der Waals surface area contributed by atoms with Crippen LogP contribution in [0.15, 0.2) is 5.38 Å². The number of thiazole rings is 1. The molecule has 1 unspecified atom stereocenters. The molecule has 1 saturated heterocycles. The van der Waals surface area contributed by atoms with Gasteiger partial charge in [0.25, 0.3) is 0 Å². The van der Waals surface area contributed by atoms with E-state index in [4.69, 9.17) is 0 Å². The van der Waals surface area contributed by atoms with Crippen molar-refractivity contribution in [2.45, 2.75) is 32.2 Å². The highest BCUT2D eigenvalue weighted by atomic mass is 32.2. The second kappa shape index (κ2) is 5.46. The molecule has 0 spiro atoms. The lowest BCUT2D eigenvalue weighted by molar-refractivity contribution is 0.601. The van der Waals surface area contributed by atoms with Gasteiger partial charge in [-0.25, -0.2) is 13.4 Å². The van der Waals surface area contributed by atoms with Gasteiger partial charge in [0.1, 0.15) is 0 Å². The molecule has 0 saturated carbocycles. The fraction of sp³-hybridized carbons (Fsp3) is 0.727. The van der Waals surface area contributed by atoms with Gasteiger partial charge in [0, 0.05) is 17.8 Å². The van der Waals surface area contributed by atoms with Crippen LogP contribution in [0.25, 0.3) is 0 Å². The highest BCUT2D eigenvalue weighted by Gasteiger charge is 2.30. The van der Waals surface area contributed by atoms with E-state index in [1.807, 2.05) is 5.38 Å². The Bertz CT molecular complexity index is 468. The van der Waals surface area contributed by atoms with E-state index < -0.39 is 9.84 Å². The lowest BCUT2D eigenvalue weighted by atomic mass is 10.1. The smallest absolute Gasteiger partial charge is 0.151 e. The summed E-state index contributed by atoms with van der Waals surface area (Å²) in [6.45, 7) is 3.90. The van der Waals surface area contributed by atoms with Crippen LogP contribution in [0.3, 0.4) is 0 Å². The number of hydrogen-bond donors (Lipinski definition) is 1. The number of hydrogen-bond acceptors (Lipinski definition) is 5. The first kappa shape index (κ1) is 13.0. The SMILES string of the molecule is CCCNCc1csc(C2CCS(=O)(=O)C2)n1. The molecule has 1 aromatic heterocycles. The van der Waals surface area contributed by atoms with E-state index in [1.165, 1.54) is 0 Å². The van der Waals surface area contributed by atoms with Crippen molar-refractivity contribution in [3.05, 3.63) is 16.1 Å². The van der Waals surface area contributed by atoms with E-state index in [1.54, 1.807) is 11.3 Å². The Morgan fingerprint density at radius 2 is 2.41 bits per heavy atom. The third-order valence-electron chi connectivity index (χ3n) is 2.88. The second-order valence-corrected chi connectivity index (χ2v) is 7.57. The summed E-state index contributed by atoms with van der Waals surface area (Å²) in [7, 11) is -2.80. The zero-order valence-corrected chi connectivity index (χ0v) is 11.6. The van der Waals surface area contributed by atoms with Gasteiger partial charge in [0.05, 0.1) is 22.2 Å². The van der Waals surface area contributed by atoms with Crippen molar-refractivity contribution in [1.82, 2.24) is 10.3 Å². The molecule has 1 fully saturated rings. The predicted octanol–water partition coefficient (Wildman–Crippen LogP) is 1.54. The molecule has 1 N–H and O–H groups in total. The maximum absolute atomic E-state index is 11.4. The Morgan fingerprint density at radius 1 is 1.59 bits per heavy atom. The summed E-state index contributed by atoms with van der Waals surface area (Å²) in [5.41, 5.74) is 1.03. The summed E-state index contributed by atoms with van der Waals surface area (Å²) < 4.78 is 22.8. The summed E-state index contributed by atoms with van der Waals surface area (Å²) in [6, 6.07) is 0. The Kier molecular flexibility index (Phi) is 4.17. The summed E-state index contributed by atoms with van der Waals surface area (Å²) >= 11 is 1.59. The average molecular weight is 274 g/mol. The minimum atomic E-state index is -2.80. The third kappa shape index (κ3) is 3.50. The Balaban J connectivity index is 1.94. The van der Waals surface area contributed by atoms with Crippen molar-refractivity contribution in [3.8, 4) is 0 Å². The van der Waals surface area contributed by atoms with Gasteiger partial charge >= 0.3 is 0 Å². The Hall–Kier alpha value is -0.460. The summed E-state index contributed by atoms with van der Waals surface area (Å²) in [5, 5.41) is 6.31. The molecule has 17 heavy (non-hydrogen) atoms. The lowest BCUT2D eigenvalue weighted by Crippen LogP contribution is -2.14. The van der Waals surface area contributed by atoms with E-state index in [0.29, 0.717) is 5.75 Å². The normalized spacial score (nSPS) is 23.0. The van der Waals surface area contributed by atoms with Crippen LogP contribution in [-0.4, -0.2) is 31.5 Å². The molecule has 0 aromatic carbocycles. The summed E-state index contributed by atoms with van der Waals surface area (Å²) in [6.07, 6.45) is 1.84. The van der Waals surface area contributed by atoms with Crippen LogP contribution in [-0.2, 0) is 16.4 Å². The van der Waals surface area contributed by atoms with Crippen LogP contribution < -0.4 is 5.32 Å². The van der Waals surface area contributed by atoms with Crippen molar-refractivity contribution in [1.29, 1.82) is 0 Å². The van der Waals surface area contributed by atoms with E-state index in [-0.39, 0.29) is 11.7 Å². The van der Waals surface area contributed by atoms with Gasteiger partial charge in [0.2, 0.25) is 0 Å². The number of nitrogens with zero attached hydrogens (tertiary/aromatic N) is 1. The summed E-state index contributed by atoms with van der Waals surface area (Å²) in [5.74, 6) is 0.730. The zero-order valence-electron chi connectivity index (χ0n) is 9.98. The summed E-state index contributed by atoms with van der Waals surface area (Å²) in [4.78, 5) is 4.52. The Labute approximate surface area is 106 Å². The number of nitrogens with one attached hydrogen (secondary N) is 1. The second-order valence-electron chi connectivity index (χ2n) is 4.45. The van der Waals surface area contributed by atoms with E-state index in [0.717, 1.165) is 36.6 Å². The maximum Gasteiger partial charge on any atom is 0.151 e. The van der Waals surface area contributed by atoms with Crippen LogP contribution in [0.2, 0.25) is 0 Å². The topological polar surface area (TPSA) is 59.1 Å². The van der Waals surface area contributed by atoms with Gasteiger partial charge in [-0.1, -0.05) is 6.92 Å². The molecular weight excluding hydrogens is 256 g/mol. The molecule has 0 amide bonds. The molecule has 4 nitrogen and oxygen atoms in total. The molecule has 0 aliphatic carbocycles. The van der Waals surface area contributed by atoms with E-state index >= 15 is 0 Å². The van der Waals surface area contributed by atoms with Gasteiger partial charge in [-0.05, 0) is 19.4 Å². The quantitative estimate of drug-likeness (QED) is 0.828. The van der Waals surface area contributed by atoms with Crippen LogP contribution in [0.5, 0.6) is 0 Å². The molecule has 0 bridgehead atoms. The molecule has 1 aromatic rings. The highest BCUT2D eigenvalue weighted by Crippen LogP contribution is 2.30. The minimum Gasteiger partial charge on any atom is -0.311 e. The van der Waals surface area contributed by atoms with Crippen LogP contribution in [0, 0.1) is 0 Å². The van der Waals surface area contributed by atoms with Crippen molar-refractivity contribution in [2.75, 3.05) is 18.1 Å². The van der Waals surface area contributed by atoms with Gasteiger partial charge in [0.15, 0.2) is 9.84 Å². The molecule has 2 heterocycles. The first-order valence-corrected chi connectivity index (χ1v) is 8.66. The van der Waals surface area contributed by atoms with Gasteiger partial charge in [-0.3, -0.25) is 0 Å². The molecule has 1 aliphatic heterocycles. The molecule has 0 radical (unpaired) electrons. The Morgan fingerprint density at radius 3 is 3.06 bits per heavy atom. The fourth-order valence-electron chi connectivity index (χ4n) is 1.97. The molecular formula is C11H18N2O2S2. The van der Waals surface area contributed by atoms with Crippen molar-refractivity contribution < 1.29 is 8.42 Å².